The van der Waals surface area contributed by atoms with E-state index in [2.05, 4.69) is 5.32 Å². The van der Waals surface area contributed by atoms with Crippen LogP contribution in [0.1, 0.15) is 18.0 Å². The molecule has 0 saturated heterocycles. The average molecular weight is 346 g/mol. The highest BCUT2D eigenvalue weighted by atomic mass is 32.2. The highest BCUT2D eigenvalue weighted by Crippen LogP contribution is 2.39. The monoisotopic (exact) mass is 346 g/mol. The highest BCUT2D eigenvalue weighted by molar-refractivity contribution is 7.92. The number of carbonyl (C=O) groups is 1. The second-order valence-corrected chi connectivity index (χ2v) is 7.48. The number of para-hydroxylation sites is 2. The Bertz CT molecular complexity index is 862. The van der Waals surface area contributed by atoms with Gasteiger partial charge in [0.2, 0.25) is 15.9 Å². The number of carbonyl (C=O) groups excluding carboxylic acids is 1. The number of nitrogens with one attached hydrogen (secondary N) is 1. The Kier molecular flexibility index (Phi) is 4.19. The lowest BCUT2D eigenvalue weighted by atomic mass is 10.0. The number of hydrogen-bond acceptors (Lipinski definition) is 4. The second kappa shape index (κ2) is 6.16. The molecule has 3 rings (SSSR count). The van der Waals surface area contributed by atoms with Gasteiger partial charge >= 0.3 is 0 Å². The van der Waals surface area contributed by atoms with Gasteiger partial charge in [-0.25, -0.2) is 8.42 Å². The van der Waals surface area contributed by atoms with Crippen LogP contribution in [0.5, 0.6) is 5.75 Å². The largest absolute Gasteiger partial charge is 0.497 e. The van der Waals surface area contributed by atoms with Gasteiger partial charge in [0, 0.05) is 0 Å². The van der Waals surface area contributed by atoms with E-state index < -0.39 is 16.1 Å². The third-order valence-electron chi connectivity index (χ3n) is 3.94. The molecule has 0 bridgehead atoms. The zero-order valence-corrected chi connectivity index (χ0v) is 14.2. The van der Waals surface area contributed by atoms with Gasteiger partial charge in [-0.2, -0.15) is 0 Å². The number of sulfonamides is 1. The first-order valence-corrected chi connectivity index (χ1v) is 9.27. The van der Waals surface area contributed by atoms with Crippen molar-refractivity contribution in [1.29, 1.82) is 0 Å². The Morgan fingerprint density at radius 1 is 1.12 bits per heavy atom. The number of benzene rings is 2. The Labute approximate surface area is 141 Å². The lowest BCUT2D eigenvalue weighted by Gasteiger charge is -2.30. The van der Waals surface area contributed by atoms with Crippen molar-refractivity contribution in [2.75, 3.05) is 23.0 Å². The molecule has 2 aromatic carbocycles. The molecule has 0 aromatic heterocycles. The van der Waals surface area contributed by atoms with Gasteiger partial charge in [-0.3, -0.25) is 9.10 Å². The summed E-state index contributed by atoms with van der Waals surface area (Å²) < 4.78 is 31.4. The first-order chi connectivity index (χ1) is 11.4. The van der Waals surface area contributed by atoms with E-state index in [0.717, 1.165) is 11.8 Å². The molecule has 1 N–H and O–H groups in total. The van der Waals surface area contributed by atoms with Crippen LogP contribution in [0.2, 0.25) is 0 Å². The van der Waals surface area contributed by atoms with Crippen molar-refractivity contribution in [3.8, 4) is 5.75 Å². The van der Waals surface area contributed by atoms with Crippen molar-refractivity contribution >= 4 is 27.3 Å². The van der Waals surface area contributed by atoms with Gasteiger partial charge in [0.1, 0.15) is 5.75 Å². The number of anilines is 2. The van der Waals surface area contributed by atoms with E-state index in [4.69, 9.17) is 4.74 Å². The maximum atomic E-state index is 12.5. The van der Waals surface area contributed by atoms with Crippen LogP contribution in [0, 0.1) is 0 Å². The summed E-state index contributed by atoms with van der Waals surface area (Å²) in [7, 11) is -2.03. The maximum Gasteiger partial charge on any atom is 0.232 e. The molecule has 1 unspecified atom stereocenters. The summed E-state index contributed by atoms with van der Waals surface area (Å²) in [4.78, 5) is 12.3. The molecular formula is C17H18N2O4S. The van der Waals surface area contributed by atoms with Crippen molar-refractivity contribution in [2.45, 2.75) is 12.5 Å². The topological polar surface area (TPSA) is 75.7 Å². The van der Waals surface area contributed by atoms with E-state index in [1.807, 2.05) is 0 Å². The van der Waals surface area contributed by atoms with E-state index in [1.165, 1.54) is 4.31 Å². The second-order valence-electron chi connectivity index (χ2n) is 5.62. The lowest BCUT2D eigenvalue weighted by molar-refractivity contribution is -0.116. The number of methoxy groups -OCH3 is 1. The fourth-order valence-corrected chi connectivity index (χ4v) is 4.06. The third kappa shape index (κ3) is 3.07. The Hall–Kier alpha value is -2.54. The molecule has 0 spiro atoms. The van der Waals surface area contributed by atoms with Crippen LogP contribution < -0.4 is 14.4 Å². The van der Waals surface area contributed by atoms with Crippen LogP contribution in [0.15, 0.2) is 48.5 Å². The molecule has 1 heterocycles. The van der Waals surface area contributed by atoms with Gasteiger partial charge < -0.3 is 10.1 Å². The van der Waals surface area contributed by atoms with Crippen LogP contribution in [-0.2, 0) is 14.8 Å². The lowest BCUT2D eigenvalue weighted by Crippen LogP contribution is -2.34. The smallest absolute Gasteiger partial charge is 0.232 e. The number of hydrogen-bond donors (Lipinski definition) is 1. The number of ether oxygens (including phenoxy) is 1. The van der Waals surface area contributed by atoms with E-state index in [1.54, 1.807) is 55.6 Å². The number of fused-ring (bicyclic) bond motifs is 1. The summed E-state index contributed by atoms with van der Waals surface area (Å²) in [5.41, 5.74) is 1.68. The fraction of sp³-hybridized carbons (Fsp3) is 0.235. The van der Waals surface area contributed by atoms with Gasteiger partial charge in [-0.15, -0.1) is 0 Å². The van der Waals surface area contributed by atoms with Gasteiger partial charge in [-0.05, 0) is 29.8 Å². The molecule has 6 nitrogen and oxygen atoms in total. The molecule has 0 aliphatic carbocycles. The molecule has 7 heteroatoms. The minimum Gasteiger partial charge on any atom is -0.497 e. The number of rotatable bonds is 3. The summed E-state index contributed by atoms with van der Waals surface area (Å²) >= 11 is 0. The summed E-state index contributed by atoms with van der Waals surface area (Å²) in [6, 6.07) is 13.4. The minimum atomic E-state index is -3.59. The van der Waals surface area contributed by atoms with Crippen molar-refractivity contribution in [1.82, 2.24) is 0 Å². The van der Waals surface area contributed by atoms with E-state index in [-0.39, 0.29) is 12.3 Å². The molecular weight excluding hydrogens is 328 g/mol. The molecule has 1 aliphatic rings. The molecule has 24 heavy (non-hydrogen) atoms. The first-order valence-electron chi connectivity index (χ1n) is 7.42. The SMILES string of the molecule is COc1ccc(C2CC(=O)Nc3ccccc3N2S(C)(=O)=O)cc1. The molecule has 0 fully saturated rings. The summed E-state index contributed by atoms with van der Waals surface area (Å²) in [5, 5.41) is 2.78. The molecule has 1 amide bonds. The van der Waals surface area contributed by atoms with Gasteiger partial charge in [0.15, 0.2) is 0 Å². The third-order valence-corrected chi connectivity index (χ3v) is 5.10. The summed E-state index contributed by atoms with van der Waals surface area (Å²) in [6.45, 7) is 0. The first kappa shape index (κ1) is 16.3. The molecule has 0 radical (unpaired) electrons. The fourth-order valence-electron chi connectivity index (χ4n) is 2.89. The van der Waals surface area contributed by atoms with Gasteiger partial charge in [-0.1, -0.05) is 24.3 Å². The molecule has 1 atom stereocenters. The standard InChI is InChI=1S/C17H18N2O4S/c1-23-13-9-7-12(8-10-13)16-11-17(20)18-14-5-3-4-6-15(14)19(16)24(2,21)22/h3-10,16H,11H2,1-2H3,(H,18,20). The normalized spacial score (nSPS) is 17.7. The molecule has 1 aliphatic heterocycles. The molecule has 126 valence electrons. The van der Waals surface area contributed by atoms with Crippen molar-refractivity contribution < 1.29 is 17.9 Å². The average Bonchev–Trinajstić information content (AvgIpc) is 2.70. The molecule has 0 saturated carbocycles. The van der Waals surface area contributed by atoms with Gasteiger partial charge in [0.05, 0.1) is 37.2 Å². The predicted octanol–water partition coefficient (Wildman–Crippen LogP) is 2.54. The Morgan fingerprint density at radius 2 is 1.79 bits per heavy atom. The maximum absolute atomic E-state index is 12.5. The number of nitrogens with zero attached hydrogens (tertiary/aromatic N) is 1. The van der Waals surface area contributed by atoms with E-state index >= 15 is 0 Å². The van der Waals surface area contributed by atoms with Gasteiger partial charge in [0.25, 0.3) is 0 Å². The zero-order chi connectivity index (χ0) is 17.3. The predicted molar refractivity (Wildman–Crippen MR) is 92.7 cm³/mol. The minimum absolute atomic E-state index is 0.0358. The summed E-state index contributed by atoms with van der Waals surface area (Å²) in [6.07, 6.45) is 1.18. The molecule has 2 aromatic rings. The summed E-state index contributed by atoms with van der Waals surface area (Å²) in [5.74, 6) is 0.442. The van der Waals surface area contributed by atoms with E-state index in [9.17, 15) is 13.2 Å². The van der Waals surface area contributed by atoms with Crippen LogP contribution in [0.4, 0.5) is 11.4 Å². The van der Waals surface area contributed by atoms with Crippen LogP contribution >= 0.6 is 0 Å². The van der Waals surface area contributed by atoms with Crippen molar-refractivity contribution in [3.05, 3.63) is 54.1 Å². The Balaban J connectivity index is 2.16. The Morgan fingerprint density at radius 3 is 2.42 bits per heavy atom. The van der Waals surface area contributed by atoms with E-state index in [0.29, 0.717) is 17.1 Å². The quantitative estimate of drug-likeness (QED) is 0.927. The highest BCUT2D eigenvalue weighted by Gasteiger charge is 2.34. The number of amides is 1. The van der Waals surface area contributed by atoms with Crippen molar-refractivity contribution in [3.63, 3.8) is 0 Å². The zero-order valence-electron chi connectivity index (χ0n) is 13.4. The van der Waals surface area contributed by atoms with Crippen LogP contribution in [0.3, 0.4) is 0 Å². The van der Waals surface area contributed by atoms with Crippen LogP contribution in [-0.4, -0.2) is 27.7 Å². The van der Waals surface area contributed by atoms with Crippen molar-refractivity contribution in [2.24, 2.45) is 0 Å². The van der Waals surface area contributed by atoms with Crippen LogP contribution in [0.25, 0.3) is 0 Å².